The number of benzene rings is 2. The highest BCUT2D eigenvalue weighted by Gasteiger charge is 2.46. The normalized spacial score (nSPS) is 15.7. The molecule has 0 saturated heterocycles. The molecule has 1 aliphatic rings. The Morgan fingerprint density at radius 2 is 1.05 bits per heavy atom. The van der Waals surface area contributed by atoms with E-state index in [1.54, 1.807) is 11.1 Å². The molecule has 3 rings (SSSR count). The highest BCUT2D eigenvalue weighted by Crippen LogP contribution is 2.72. The van der Waals surface area contributed by atoms with Crippen molar-refractivity contribution in [3.63, 3.8) is 0 Å². The maximum atomic E-state index is 2.45. The quantitative estimate of drug-likeness (QED) is 0.706. The Labute approximate surface area is 146 Å². The second-order valence-corrected chi connectivity index (χ2v) is 11.8. The van der Waals surface area contributed by atoms with E-state index in [1.165, 1.54) is 23.5 Å². The van der Waals surface area contributed by atoms with E-state index >= 15 is 0 Å². The summed E-state index contributed by atoms with van der Waals surface area (Å²) in [6.45, 7) is 9.79. The molecule has 0 radical (unpaired) electrons. The van der Waals surface area contributed by atoms with Gasteiger partial charge in [-0.1, -0.05) is 48.5 Å². The van der Waals surface area contributed by atoms with E-state index < -0.39 is 7.26 Å². The summed E-state index contributed by atoms with van der Waals surface area (Å²) in [4.78, 5) is 0. The van der Waals surface area contributed by atoms with Crippen LogP contribution in [-0.4, -0.2) is 11.3 Å². The van der Waals surface area contributed by atoms with Crippen LogP contribution < -0.4 is 17.0 Å². The van der Waals surface area contributed by atoms with Gasteiger partial charge in [0, 0.05) is 7.26 Å². The first-order valence-corrected chi connectivity index (χ1v) is 10.4. The molecule has 0 unspecified atom stereocenters. The molecule has 0 aromatic heterocycles. The van der Waals surface area contributed by atoms with Gasteiger partial charge in [-0.05, 0) is 49.9 Å². The summed E-state index contributed by atoms with van der Waals surface area (Å²) in [6, 6.07) is 18.1. The average molecular weight is 377 g/mol. The fourth-order valence-corrected chi connectivity index (χ4v) is 8.44. The first-order valence-electron chi connectivity index (χ1n) is 8.07. The van der Waals surface area contributed by atoms with Gasteiger partial charge in [-0.2, -0.15) is 0 Å². The predicted octanol–water partition coefficient (Wildman–Crippen LogP) is 3.21. The lowest BCUT2D eigenvalue weighted by molar-refractivity contribution is -0.00000451. The molecular formula is C20H26BrP. The first-order chi connectivity index (χ1) is 10.0. The van der Waals surface area contributed by atoms with Crippen LogP contribution in [0.4, 0.5) is 0 Å². The van der Waals surface area contributed by atoms with Gasteiger partial charge in [0.05, 0.1) is 23.6 Å². The maximum absolute atomic E-state index is 2.45. The van der Waals surface area contributed by atoms with E-state index in [4.69, 9.17) is 0 Å². The third-order valence-corrected chi connectivity index (χ3v) is 11.3. The van der Waals surface area contributed by atoms with Crippen molar-refractivity contribution in [2.75, 3.05) is 0 Å². The topological polar surface area (TPSA) is 0 Å². The average Bonchev–Trinajstić information content (AvgIpc) is 2.62. The highest BCUT2D eigenvalue weighted by atomic mass is 79.9. The molecule has 0 atom stereocenters. The lowest BCUT2D eigenvalue weighted by atomic mass is 9.97. The van der Waals surface area contributed by atoms with Crippen LogP contribution in [0.3, 0.4) is 0 Å². The minimum absolute atomic E-state index is 0. The number of hydrogen-bond donors (Lipinski definition) is 0. The fraction of sp³-hybridized carbons (Fsp3) is 0.400. The SMILES string of the molecule is CC(C)[P+]1(C(C)C)Cc2ccccc2-c2ccccc2C1.[Br-]. The molecule has 2 aromatic carbocycles. The molecule has 2 heteroatoms. The molecule has 1 aliphatic heterocycles. The van der Waals surface area contributed by atoms with Gasteiger partial charge >= 0.3 is 0 Å². The fourth-order valence-electron chi connectivity index (χ4n) is 3.86. The molecule has 118 valence electrons. The van der Waals surface area contributed by atoms with Crippen molar-refractivity contribution in [3.8, 4) is 11.1 Å². The van der Waals surface area contributed by atoms with Crippen LogP contribution in [-0.2, 0) is 12.3 Å². The lowest BCUT2D eigenvalue weighted by Gasteiger charge is -2.34. The summed E-state index contributed by atoms with van der Waals surface area (Å²) < 4.78 is 0. The van der Waals surface area contributed by atoms with Crippen molar-refractivity contribution in [3.05, 3.63) is 59.7 Å². The van der Waals surface area contributed by atoms with E-state index in [9.17, 15) is 0 Å². The van der Waals surface area contributed by atoms with Gasteiger partial charge in [0.1, 0.15) is 0 Å². The van der Waals surface area contributed by atoms with Gasteiger partial charge < -0.3 is 17.0 Å². The van der Waals surface area contributed by atoms with Crippen LogP contribution in [0.1, 0.15) is 38.8 Å². The summed E-state index contributed by atoms with van der Waals surface area (Å²) in [5.41, 5.74) is 7.65. The van der Waals surface area contributed by atoms with Crippen LogP contribution in [0, 0.1) is 0 Å². The van der Waals surface area contributed by atoms with Gasteiger partial charge in [0.15, 0.2) is 0 Å². The van der Waals surface area contributed by atoms with E-state index in [0.29, 0.717) is 0 Å². The van der Waals surface area contributed by atoms with Crippen molar-refractivity contribution >= 4 is 7.26 Å². The lowest BCUT2D eigenvalue weighted by Crippen LogP contribution is -3.00. The molecule has 0 nitrogen and oxygen atoms in total. The molecule has 0 spiro atoms. The zero-order valence-corrected chi connectivity index (χ0v) is 16.5. The summed E-state index contributed by atoms with van der Waals surface area (Å²) in [6.07, 6.45) is 2.60. The molecule has 0 aliphatic carbocycles. The summed E-state index contributed by atoms with van der Waals surface area (Å²) in [5.74, 6) is 0. The van der Waals surface area contributed by atoms with Gasteiger partial charge in [-0.15, -0.1) is 0 Å². The summed E-state index contributed by atoms with van der Waals surface area (Å²) in [5, 5.41) is 0. The third kappa shape index (κ3) is 2.91. The van der Waals surface area contributed by atoms with Crippen LogP contribution in [0.15, 0.2) is 48.5 Å². The molecule has 1 heterocycles. The Kier molecular flexibility index (Phi) is 5.51. The van der Waals surface area contributed by atoms with E-state index in [-0.39, 0.29) is 17.0 Å². The van der Waals surface area contributed by atoms with Crippen molar-refractivity contribution in [1.82, 2.24) is 0 Å². The van der Waals surface area contributed by atoms with Crippen LogP contribution in [0.2, 0.25) is 0 Å². The second-order valence-electron chi connectivity index (χ2n) is 6.92. The maximum Gasteiger partial charge on any atom is 0.0857 e. The molecule has 22 heavy (non-hydrogen) atoms. The number of halogens is 1. The van der Waals surface area contributed by atoms with Gasteiger partial charge in [0.25, 0.3) is 0 Å². The minimum atomic E-state index is -1.04. The molecular weight excluding hydrogens is 351 g/mol. The zero-order chi connectivity index (χ0) is 15.0. The molecule has 0 N–H and O–H groups in total. The largest absolute Gasteiger partial charge is 1.00 e. The Morgan fingerprint density at radius 1 is 0.682 bits per heavy atom. The van der Waals surface area contributed by atoms with Crippen LogP contribution in [0.5, 0.6) is 0 Å². The molecule has 0 bridgehead atoms. The monoisotopic (exact) mass is 376 g/mol. The molecule has 0 amide bonds. The van der Waals surface area contributed by atoms with Gasteiger partial charge in [-0.25, -0.2) is 0 Å². The van der Waals surface area contributed by atoms with Gasteiger partial charge in [-0.3, -0.25) is 0 Å². The molecule has 2 aromatic rings. The second kappa shape index (κ2) is 6.85. The highest BCUT2D eigenvalue weighted by molar-refractivity contribution is 7.75. The Balaban J connectivity index is 0.00000176. The standard InChI is InChI=1S/C20H26P.BrH/c1-15(2)21(16(3)4)13-17-9-5-7-11-19(17)20-12-8-6-10-18(20)14-21;/h5-12,15-16H,13-14H2,1-4H3;1H/q+1;/p-1. The molecule has 0 fully saturated rings. The smallest absolute Gasteiger partial charge is 0.0857 e. The zero-order valence-electron chi connectivity index (χ0n) is 14.0. The molecule has 0 saturated carbocycles. The Bertz CT molecular complexity index is 588. The van der Waals surface area contributed by atoms with Crippen molar-refractivity contribution in [2.24, 2.45) is 0 Å². The van der Waals surface area contributed by atoms with Crippen LogP contribution in [0.25, 0.3) is 11.1 Å². The summed E-state index contributed by atoms with van der Waals surface area (Å²) >= 11 is 0. The predicted molar refractivity (Wildman–Crippen MR) is 96.5 cm³/mol. The van der Waals surface area contributed by atoms with E-state index in [2.05, 4.69) is 76.2 Å². The van der Waals surface area contributed by atoms with Crippen LogP contribution >= 0.6 is 7.26 Å². The number of hydrogen-bond acceptors (Lipinski definition) is 0. The van der Waals surface area contributed by atoms with Gasteiger partial charge in [0.2, 0.25) is 0 Å². The van der Waals surface area contributed by atoms with Crippen molar-refractivity contribution in [2.45, 2.75) is 51.3 Å². The summed E-state index contributed by atoms with van der Waals surface area (Å²) in [7, 11) is -1.04. The van der Waals surface area contributed by atoms with E-state index in [0.717, 1.165) is 11.3 Å². The number of fused-ring (bicyclic) bond motifs is 3. The first kappa shape index (κ1) is 17.7. The number of rotatable bonds is 2. The van der Waals surface area contributed by atoms with E-state index in [1.807, 2.05) is 0 Å². The minimum Gasteiger partial charge on any atom is -1.00 e. The Hall–Kier alpha value is -0.650. The van der Waals surface area contributed by atoms with Crippen molar-refractivity contribution < 1.29 is 17.0 Å². The third-order valence-electron chi connectivity index (χ3n) is 5.31. The Morgan fingerprint density at radius 3 is 1.41 bits per heavy atom. The van der Waals surface area contributed by atoms with Crippen molar-refractivity contribution in [1.29, 1.82) is 0 Å².